The van der Waals surface area contributed by atoms with Crippen LogP contribution in [0.5, 0.6) is 0 Å². The van der Waals surface area contributed by atoms with E-state index in [2.05, 4.69) is 5.43 Å². The molecule has 5 heteroatoms. The Labute approximate surface area is 93.6 Å². The van der Waals surface area contributed by atoms with Crippen LogP contribution in [0.25, 0.3) is 0 Å². The average molecular weight is 230 g/mol. The quantitative estimate of drug-likeness (QED) is 0.573. The number of hydrogen-bond donors (Lipinski definition) is 2. The van der Waals surface area contributed by atoms with Gasteiger partial charge in [-0.3, -0.25) is 11.3 Å². The third-order valence-corrected chi connectivity index (χ3v) is 2.38. The molecule has 0 aliphatic rings. The van der Waals surface area contributed by atoms with Crippen molar-refractivity contribution < 1.29 is 13.5 Å². The lowest BCUT2D eigenvalue weighted by atomic mass is 10.0. The Hall–Kier alpha value is -1.04. The maximum absolute atomic E-state index is 13.3. The first-order chi connectivity index (χ1) is 7.67. The molecule has 1 rings (SSSR count). The minimum absolute atomic E-state index is 0.128. The van der Waals surface area contributed by atoms with Crippen LogP contribution in [-0.2, 0) is 11.2 Å². The summed E-state index contributed by atoms with van der Waals surface area (Å²) in [4.78, 5) is 0. The van der Waals surface area contributed by atoms with Gasteiger partial charge in [0.2, 0.25) is 0 Å². The molecule has 90 valence electrons. The van der Waals surface area contributed by atoms with Gasteiger partial charge in [-0.2, -0.15) is 0 Å². The fourth-order valence-electron chi connectivity index (χ4n) is 1.47. The third kappa shape index (κ3) is 3.84. The normalized spacial score (nSPS) is 12.8. The number of benzene rings is 1. The van der Waals surface area contributed by atoms with Gasteiger partial charge in [0, 0.05) is 19.8 Å². The SMILES string of the molecule is COCCC(Cc1cc(F)ccc1F)NN. The molecule has 0 aliphatic carbocycles. The summed E-state index contributed by atoms with van der Waals surface area (Å²) in [5.41, 5.74) is 2.88. The number of ether oxygens (including phenoxy) is 1. The van der Waals surface area contributed by atoms with Crippen LogP contribution in [0, 0.1) is 11.6 Å². The lowest BCUT2D eigenvalue weighted by molar-refractivity contribution is 0.182. The number of hydrazine groups is 1. The van der Waals surface area contributed by atoms with Crippen LogP contribution in [0.1, 0.15) is 12.0 Å². The molecule has 0 bridgehead atoms. The van der Waals surface area contributed by atoms with Gasteiger partial charge in [-0.05, 0) is 36.6 Å². The Morgan fingerprint density at radius 1 is 1.44 bits per heavy atom. The van der Waals surface area contributed by atoms with Gasteiger partial charge >= 0.3 is 0 Å². The summed E-state index contributed by atoms with van der Waals surface area (Å²) in [6.45, 7) is 0.520. The van der Waals surface area contributed by atoms with Crippen LogP contribution in [0.15, 0.2) is 18.2 Å². The monoisotopic (exact) mass is 230 g/mol. The molecule has 3 nitrogen and oxygen atoms in total. The predicted octanol–water partition coefficient (Wildman–Crippen LogP) is 1.38. The summed E-state index contributed by atoms with van der Waals surface area (Å²) >= 11 is 0. The first-order valence-corrected chi connectivity index (χ1v) is 5.06. The van der Waals surface area contributed by atoms with Crippen molar-refractivity contribution in [2.24, 2.45) is 5.84 Å². The van der Waals surface area contributed by atoms with Crippen molar-refractivity contribution in [1.82, 2.24) is 5.43 Å². The first-order valence-electron chi connectivity index (χ1n) is 5.06. The van der Waals surface area contributed by atoms with E-state index in [1.54, 1.807) is 7.11 Å². The van der Waals surface area contributed by atoms with Gasteiger partial charge in [-0.25, -0.2) is 8.78 Å². The lowest BCUT2D eigenvalue weighted by Crippen LogP contribution is -2.37. The zero-order valence-corrected chi connectivity index (χ0v) is 9.17. The Morgan fingerprint density at radius 2 is 2.19 bits per heavy atom. The fraction of sp³-hybridized carbons (Fsp3) is 0.455. The summed E-state index contributed by atoms with van der Waals surface area (Å²) in [5.74, 6) is 4.46. The van der Waals surface area contributed by atoms with Crippen molar-refractivity contribution in [2.75, 3.05) is 13.7 Å². The number of methoxy groups -OCH3 is 1. The second-order valence-corrected chi connectivity index (χ2v) is 3.58. The molecule has 0 heterocycles. The molecule has 0 fully saturated rings. The summed E-state index contributed by atoms with van der Waals surface area (Å²) in [6.07, 6.45) is 0.979. The van der Waals surface area contributed by atoms with Gasteiger partial charge in [0.25, 0.3) is 0 Å². The molecule has 1 unspecified atom stereocenters. The number of nitrogens with two attached hydrogens (primary N) is 1. The smallest absolute Gasteiger partial charge is 0.126 e. The second-order valence-electron chi connectivity index (χ2n) is 3.58. The Kier molecular flexibility index (Phi) is 5.31. The zero-order valence-electron chi connectivity index (χ0n) is 9.17. The summed E-state index contributed by atoms with van der Waals surface area (Å²) in [7, 11) is 1.58. The van der Waals surface area contributed by atoms with E-state index in [1.165, 1.54) is 6.07 Å². The molecule has 0 aromatic heterocycles. The molecular weight excluding hydrogens is 214 g/mol. The highest BCUT2D eigenvalue weighted by atomic mass is 19.1. The van der Waals surface area contributed by atoms with Gasteiger partial charge in [-0.1, -0.05) is 0 Å². The molecule has 0 saturated heterocycles. The Balaban J connectivity index is 2.65. The maximum Gasteiger partial charge on any atom is 0.126 e. The minimum Gasteiger partial charge on any atom is -0.385 e. The molecule has 16 heavy (non-hydrogen) atoms. The van der Waals surface area contributed by atoms with Crippen LogP contribution in [0.4, 0.5) is 8.78 Å². The molecule has 1 aromatic carbocycles. The van der Waals surface area contributed by atoms with Crippen LogP contribution in [-0.4, -0.2) is 19.8 Å². The standard InChI is InChI=1S/C11H16F2N2O/c1-16-5-4-10(15-14)7-8-6-9(12)2-3-11(8)13/h2-3,6,10,15H,4-5,7,14H2,1H3. The molecule has 0 spiro atoms. The van der Waals surface area contributed by atoms with E-state index in [0.717, 1.165) is 12.1 Å². The molecule has 0 radical (unpaired) electrons. The highest BCUT2D eigenvalue weighted by Crippen LogP contribution is 2.12. The van der Waals surface area contributed by atoms with Crippen LogP contribution in [0.2, 0.25) is 0 Å². The molecule has 0 amide bonds. The van der Waals surface area contributed by atoms with Crippen molar-refractivity contribution in [2.45, 2.75) is 18.9 Å². The maximum atomic E-state index is 13.3. The number of halogens is 2. The topological polar surface area (TPSA) is 47.3 Å². The molecule has 0 saturated carbocycles. The van der Waals surface area contributed by atoms with Gasteiger partial charge < -0.3 is 4.74 Å². The molecule has 3 N–H and O–H groups in total. The first kappa shape index (κ1) is 13.0. The van der Waals surface area contributed by atoms with Crippen LogP contribution >= 0.6 is 0 Å². The Bertz CT molecular complexity index is 334. The largest absolute Gasteiger partial charge is 0.385 e. The van der Waals surface area contributed by atoms with Crippen LogP contribution in [0.3, 0.4) is 0 Å². The molecule has 1 atom stereocenters. The highest BCUT2D eigenvalue weighted by molar-refractivity contribution is 5.19. The zero-order chi connectivity index (χ0) is 12.0. The third-order valence-electron chi connectivity index (χ3n) is 2.38. The van der Waals surface area contributed by atoms with E-state index in [9.17, 15) is 8.78 Å². The van der Waals surface area contributed by atoms with Crippen molar-refractivity contribution in [3.05, 3.63) is 35.4 Å². The van der Waals surface area contributed by atoms with Crippen molar-refractivity contribution in [3.63, 3.8) is 0 Å². The van der Waals surface area contributed by atoms with E-state index in [-0.39, 0.29) is 6.04 Å². The summed E-state index contributed by atoms with van der Waals surface area (Å²) < 4.78 is 31.1. The number of rotatable bonds is 6. The minimum atomic E-state index is -0.445. The van der Waals surface area contributed by atoms with E-state index in [0.29, 0.717) is 25.0 Å². The molecule has 1 aromatic rings. The Morgan fingerprint density at radius 3 is 2.81 bits per heavy atom. The predicted molar refractivity (Wildman–Crippen MR) is 57.7 cm³/mol. The van der Waals surface area contributed by atoms with Crippen LogP contribution < -0.4 is 11.3 Å². The summed E-state index contributed by atoms with van der Waals surface area (Å²) in [5, 5.41) is 0. The number of nitrogens with one attached hydrogen (secondary N) is 1. The van der Waals surface area contributed by atoms with Gasteiger partial charge in [0.1, 0.15) is 11.6 Å². The second kappa shape index (κ2) is 6.52. The van der Waals surface area contributed by atoms with Crippen molar-refractivity contribution in [3.8, 4) is 0 Å². The molecule has 0 aliphatic heterocycles. The number of hydrogen-bond acceptors (Lipinski definition) is 3. The van der Waals surface area contributed by atoms with Crippen molar-refractivity contribution in [1.29, 1.82) is 0 Å². The highest BCUT2D eigenvalue weighted by Gasteiger charge is 2.11. The van der Waals surface area contributed by atoms with E-state index < -0.39 is 11.6 Å². The average Bonchev–Trinajstić information content (AvgIpc) is 2.28. The van der Waals surface area contributed by atoms with Gasteiger partial charge in [-0.15, -0.1) is 0 Å². The fourth-order valence-corrected chi connectivity index (χ4v) is 1.47. The van der Waals surface area contributed by atoms with Gasteiger partial charge in [0.15, 0.2) is 0 Å². The lowest BCUT2D eigenvalue weighted by Gasteiger charge is -2.15. The summed E-state index contributed by atoms with van der Waals surface area (Å²) in [6, 6.07) is 3.27. The van der Waals surface area contributed by atoms with E-state index >= 15 is 0 Å². The van der Waals surface area contributed by atoms with E-state index in [4.69, 9.17) is 10.6 Å². The van der Waals surface area contributed by atoms with Crippen molar-refractivity contribution >= 4 is 0 Å². The molecular formula is C11H16F2N2O. The van der Waals surface area contributed by atoms with Gasteiger partial charge in [0.05, 0.1) is 0 Å². The van der Waals surface area contributed by atoms with E-state index in [1.807, 2.05) is 0 Å².